The van der Waals surface area contributed by atoms with Gasteiger partial charge in [0.15, 0.2) is 0 Å². The molecule has 0 saturated carbocycles. The highest BCUT2D eigenvalue weighted by Gasteiger charge is 2.29. The summed E-state index contributed by atoms with van der Waals surface area (Å²) in [6, 6.07) is 7.20. The van der Waals surface area contributed by atoms with Crippen molar-refractivity contribution in [2.45, 2.75) is 26.2 Å². The molecule has 3 rings (SSSR count). The summed E-state index contributed by atoms with van der Waals surface area (Å²) >= 11 is 0. The Labute approximate surface area is 121 Å². The minimum absolute atomic E-state index is 0.121. The molecule has 0 radical (unpaired) electrons. The molecule has 0 aliphatic carbocycles. The molecule has 1 amide bonds. The molecule has 21 heavy (non-hydrogen) atoms. The number of nitrogens with one attached hydrogen (secondary N) is 1. The SMILES string of the molecule is Cc1cc2c(cc1C)[C@H](c1cc(F)ccc1F)CC(=O)N2. The van der Waals surface area contributed by atoms with Crippen LogP contribution in [0.5, 0.6) is 0 Å². The van der Waals surface area contributed by atoms with E-state index in [4.69, 9.17) is 0 Å². The number of aryl methyl sites for hydroxylation is 2. The Balaban J connectivity index is 2.19. The van der Waals surface area contributed by atoms with Gasteiger partial charge in [0, 0.05) is 18.0 Å². The van der Waals surface area contributed by atoms with Crippen LogP contribution in [0.3, 0.4) is 0 Å². The molecule has 2 nitrogen and oxygen atoms in total. The number of amides is 1. The fourth-order valence-corrected chi connectivity index (χ4v) is 2.79. The highest BCUT2D eigenvalue weighted by atomic mass is 19.1. The van der Waals surface area contributed by atoms with E-state index in [1.54, 1.807) is 0 Å². The molecular weight excluding hydrogens is 272 g/mol. The highest BCUT2D eigenvalue weighted by molar-refractivity contribution is 5.95. The van der Waals surface area contributed by atoms with E-state index in [2.05, 4.69) is 5.32 Å². The van der Waals surface area contributed by atoms with Crippen molar-refractivity contribution in [1.29, 1.82) is 0 Å². The molecule has 1 aliphatic heterocycles. The van der Waals surface area contributed by atoms with Gasteiger partial charge < -0.3 is 5.32 Å². The summed E-state index contributed by atoms with van der Waals surface area (Å²) in [4.78, 5) is 11.9. The Morgan fingerprint density at radius 1 is 1.05 bits per heavy atom. The third kappa shape index (κ3) is 2.42. The monoisotopic (exact) mass is 287 g/mol. The molecule has 1 aliphatic rings. The first-order valence-electron chi connectivity index (χ1n) is 6.81. The van der Waals surface area contributed by atoms with Gasteiger partial charge in [-0.05, 0) is 60.4 Å². The van der Waals surface area contributed by atoms with Crippen LogP contribution in [0.4, 0.5) is 14.5 Å². The van der Waals surface area contributed by atoms with Crippen LogP contribution in [-0.2, 0) is 4.79 Å². The number of rotatable bonds is 1. The molecule has 0 bridgehead atoms. The molecule has 0 aromatic heterocycles. The van der Waals surface area contributed by atoms with Crippen LogP contribution in [0.25, 0.3) is 0 Å². The largest absolute Gasteiger partial charge is 0.326 e. The summed E-state index contributed by atoms with van der Waals surface area (Å²) < 4.78 is 27.5. The minimum Gasteiger partial charge on any atom is -0.326 e. The van der Waals surface area contributed by atoms with Gasteiger partial charge in [-0.25, -0.2) is 8.78 Å². The molecule has 0 spiro atoms. The molecule has 0 unspecified atom stereocenters. The normalized spacial score (nSPS) is 17.3. The maximum absolute atomic E-state index is 14.1. The summed E-state index contributed by atoms with van der Waals surface area (Å²) in [5.41, 5.74) is 3.86. The number of carbonyl (C=O) groups excluding carboxylic acids is 1. The lowest BCUT2D eigenvalue weighted by Gasteiger charge is -2.27. The van der Waals surface area contributed by atoms with Crippen LogP contribution in [0.15, 0.2) is 30.3 Å². The maximum Gasteiger partial charge on any atom is 0.225 e. The lowest BCUT2D eigenvalue weighted by Crippen LogP contribution is -2.24. The molecule has 2 aromatic carbocycles. The van der Waals surface area contributed by atoms with Gasteiger partial charge in [0.2, 0.25) is 5.91 Å². The number of halogens is 2. The van der Waals surface area contributed by atoms with E-state index in [0.29, 0.717) is 5.69 Å². The van der Waals surface area contributed by atoms with E-state index in [0.717, 1.165) is 28.8 Å². The van der Waals surface area contributed by atoms with Crippen molar-refractivity contribution in [2.24, 2.45) is 0 Å². The third-order valence-electron chi connectivity index (χ3n) is 4.04. The second-order valence-electron chi connectivity index (χ2n) is 5.49. The van der Waals surface area contributed by atoms with Gasteiger partial charge in [-0.3, -0.25) is 4.79 Å². The van der Waals surface area contributed by atoms with E-state index in [-0.39, 0.29) is 17.9 Å². The quantitative estimate of drug-likeness (QED) is 0.842. The van der Waals surface area contributed by atoms with Crippen LogP contribution >= 0.6 is 0 Å². The molecule has 108 valence electrons. The van der Waals surface area contributed by atoms with E-state index in [9.17, 15) is 13.6 Å². The van der Waals surface area contributed by atoms with Crippen LogP contribution < -0.4 is 5.32 Å². The zero-order valence-electron chi connectivity index (χ0n) is 11.8. The molecule has 2 aromatic rings. The Hall–Kier alpha value is -2.23. The van der Waals surface area contributed by atoms with Gasteiger partial charge in [0.05, 0.1) is 0 Å². The van der Waals surface area contributed by atoms with Gasteiger partial charge >= 0.3 is 0 Å². The second-order valence-corrected chi connectivity index (χ2v) is 5.49. The maximum atomic E-state index is 14.1. The zero-order valence-corrected chi connectivity index (χ0v) is 11.8. The fourth-order valence-electron chi connectivity index (χ4n) is 2.79. The molecular formula is C17H15F2NO. The zero-order chi connectivity index (χ0) is 15.1. The van der Waals surface area contributed by atoms with Crippen molar-refractivity contribution in [3.05, 3.63) is 64.2 Å². The summed E-state index contributed by atoms with van der Waals surface area (Å²) in [6.45, 7) is 3.92. The number of benzene rings is 2. The first kappa shape index (κ1) is 13.7. The first-order valence-corrected chi connectivity index (χ1v) is 6.81. The van der Waals surface area contributed by atoms with Crippen molar-refractivity contribution in [3.63, 3.8) is 0 Å². The van der Waals surface area contributed by atoms with Gasteiger partial charge in [-0.2, -0.15) is 0 Å². The van der Waals surface area contributed by atoms with Crippen LogP contribution in [0, 0.1) is 25.5 Å². The predicted octanol–water partition coefficient (Wildman–Crippen LogP) is 4.06. The molecule has 0 saturated heterocycles. The summed E-state index contributed by atoms with van der Waals surface area (Å²) in [7, 11) is 0. The summed E-state index contributed by atoms with van der Waals surface area (Å²) in [5.74, 6) is -1.62. The third-order valence-corrected chi connectivity index (χ3v) is 4.04. The molecule has 4 heteroatoms. The van der Waals surface area contributed by atoms with Gasteiger partial charge in [0.25, 0.3) is 0 Å². The summed E-state index contributed by atoms with van der Waals surface area (Å²) in [5, 5.41) is 2.81. The smallest absolute Gasteiger partial charge is 0.225 e. The van der Waals surface area contributed by atoms with Gasteiger partial charge in [-0.1, -0.05) is 6.07 Å². The number of fused-ring (bicyclic) bond motifs is 1. The average Bonchev–Trinajstić information content (AvgIpc) is 2.43. The lowest BCUT2D eigenvalue weighted by atomic mass is 9.83. The Kier molecular flexibility index (Phi) is 3.24. The molecule has 1 atom stereocenters. The van der Waals surface area contributed by atoms with Gasteiger partial charge in [0.1, 0.15) is 11.6 Å². The van der Waals surface area contributed by atoms with Crippen molar-refractivity contribution in [3.8, 4) is 0 Å². The van der Waals surface area contributed by atoms with Crippen LogP contribution in [-0.4, -0.2) is 5.91 Å². The summed E-state index contributed by atoms with van der Waals surface area (Å²) in [6.07, 6.45) is 0.121. The highest BCUT2D eigenvalue weighted by Crippen LogP contribution is 2.39. The van der Waals surface area contributed by atoms with E-state index < -0.39 is 17.6 Å². The number of anilines is 1. The van der Waals surface area contributed by atoms with Crippen molar-refractivity contribution in [1.82, 2.24) is 0 Å². The number of hydrogen-bond donors (Lipinski definition) is 1. The van der Waals surface area contributed by atoms with Crippen molar-refractivity contribution < 1.29 is 13.6 Å². The molecule has 0 fully saturated rings. The number of hydrogen-bond acceptors (Lipinski definition) is 1. The molecule has 1 N–H and O–H groups in total. The van der Waals surface area contributed by atoms with E-state index in [1.165, 1.54) is 6.07 Å². The predicted molar refractivity (Wildman–Crippen MR) is 77.4 cm³/mol. The van der Waals surface area contributed by atoms with E-state index >= 15 is 0 Å². The Morgan fingerprint density at radius 3 is 2.52 bits per heavy atom. The van der Waals surface area contributed by atoms with Crippen molar-refractivity contribution in [2.75, 3.05) is 5.32 Å². The van der Waals surface area contributed by atoms with Gasteiger partial charge in [-0.15, -0.1) is 0 Å². The van der Waals surface area contributed by atoms with Crippen LogP contribution in [0.1, 0.15) is 34.6 Å². The Morgan fingerprint density at radius 2 is 1.76 bits per heavy atom. The topological polar surface area (TPSA) is 29.1 Å². The first-order chi connectivity index (χ1) is 9.95. The van der Waals surface area contributed by atoms with Crippen molar-refractivity contribution >= 4 is 11.6 Å². The number of carbonyl (C=O) groups is 1. The average molecular weight is 287 g/mol. The molecule has 1 heterocycles. The minimum atomic E-state index is -0.497. The Bertz CT molecular complexity index is 740. The van der Waals surface area contributed by atoms with Crippen LogP contribution in [0.2, 0.25) is 0 Å². The van der Waals surface area contributed by atoms with E-state index in [1.807, 2.05) is 26.0 Å². The lowest BCUT2D eigenvalue weighted by molar-refractivity contribution is -0.116. The standard InChI is InChI=1S/C17H15F2NO/c1-9-5-14-12(13-7-11(18)3-4-15(13)19)8-17(21)20-16(14)6-10(9)2/h3-7,12H,8H2,1-2H3,(H,20,21)/t12-/m0/s1. The second kappa shape index (κ2) is 4.95. The fraction of sp³-hybridized carbons (Fsp3) is 0.235.